The van der Waals surface area contributed by atoms with Crippen molar-refractivity contribution in [3.63, 3.8) is 0 Å². The second-order valence-corrected chi connectivity index (χ2v) is 3.54. The second-order valence-electron chi connectivity index (χ2n) is 3.54. The molecule has 0 atom stereocenters. The summed E-state index contributed by atoms with van der Waals surface area (Å²) in [5.74, 6) is -0.991. The Balaban J connectivity index is 2.68. The minimum Gasteiger partial charge on any atom is -0.403 e. The molecule has 0 fully saturated rings. The quantitative estimate of drug-likeness (QED) is 0.709. The lowest BCUT2D eigenvalue weighted by atomic mass is 10.1. The third-order valence-electron chi connectivity index (χ3n) is 2.21. The van der Waals surface area contributed by atoms with Crippen LogP contribution in [0, 0.1) is 0 Å². The molecule has 2 rings (SSSR count). The van der Waals surface area contributed by atoms with E-state index in [-0.39, 0.29) is 16.6 Å². The van der Waals surface area contributed by atoms with Gasteiger partial charge in [-0.2, -0.15) is 0 Å². The third kappa shape index (κ3) is 2.83. The van der Waals surface area contributed by atoms with E-state index >= 15 is 0 Å². The SMILES string of the molecule is Nc1nc(C(O)O)c2cccc(OC(F)(F)F)c2n1. The van der Waals surface area contributed by atoms with Crippen molar-refractivity contribution in [2.75, 3.05) is 5.73 Å². The molecule has 4 N–H and O–H groups in total. The number of hydrogen-bond acceptors (Lipinski definition) is 6. The van der Waals surface area contributed by atoms with Crippen LogP contribution in [-0.4, -0.2) is 26.5 Å². The van der Waals surface area contributed by atoms with Crippen LogP contribution in [0.3, 0.4) is 0 Å². The molecule has 6 nitrogen and oxygen atoms in total. The van der Waals surface area contributed by atoms with Gasteiger partial charge in [-0.3, -0.25) is 0 Å². The Morgan fingerprint density at radius 3 is 2.47 bits per heavy atom. The summed E-state index contributed by atoms with van der Waals surface area (Å²) in [7, 11) is 0. The molecule has 0 saturated carbocycles. The lowest BCUT2D eigenvalue weighted by molar-refractivity contribution is -0.274. The van der Waals surface area contributed by atoms with Crippen molar-refractivity contribution >= 4 is 16.9 Å². The number of para-hydroxylation sites is 1. The van der Waals surface area contributed by atoms with E-state index in [0.29, 0.717) is 0 Å². The zero-order chi connectivity index (χ0) is 14.2. The molecule has 0 saturated heterocycles. The number of aromatic nitrogens is 2. The predicted octanol–water partition coefficient (Wildman–Crippen LogP) is 1.09. The number of aliphatic hydroxyl groups excluding tert-OH is 1. The Morgan fingerprint density at radius 2 is 1.89 bits per heavy atom. The molecule has 1 heterocycles. The van der Waals surface area contributed by atoms with E-state index in [0.717, 1.165) is 6.07 Å². The second kappa shape index (κ2) is 4.52. The van der Waals surface area contributed by atoms with E-state index in [4.69, 9.17) is 15.9 Å². The fourth-order valence-electron chi connectivity index (χ4n) is 1.57. The highest BCUT2D eigenvalue weighted by Gasteiger charge is 2.32. The van der Waals surface area contributed by atoms with Crippen molar-refractivity contribution < 1.29 is 28.1 Å². The highest BCUT2D eigenvalue weighted by atomic mass is 19.4. The largest absolute Gasteiger partial charge is 0.573 e. The van der Waals surface area contributed by atoms with Crippen LogP contribution in [-0.2, 0) is 0 Å². The maximum Gasteiger partial charge on any atom is 0.573 e. The fourth-order valence-corrected chi connectivity index (χ4v) is 1.57. The van der Waals surface area contributed by atoms with E-state index < -0.39 is 24.4 Å². The van der Waals surface area contributed by atoms with Gasteiger partial charge in [-0.15, -0.1) is 13.2 Å². The molecule has 9 heteroatoms. The maximum absolute atomic E-state index is 12.2. The molecule has 0 aliphatic rings. The number of hydrogen-bond donors (Lipinski definition) is 3. The van der Waals surface area contributed by atoms with Gasteiger partial charge in [-0.1, -0.05) is 12.1 Å². The highest BCUT2D eigenvalue weighted by molar-refractivity contribution is 5.87. The van der Waals surface area contributed by atoms with Crippen molar-refractivity contribution in [3.05, 3.63) is 23.9 Å². The van der Waals surface area contributed by atoms with Gasteiger partial charge >= 0.3 is 6.36 Å². The van der Waals surface area contributed by atoms with Crippen LogP contribution >= 0.6 is 0 Å². The smallest absolute Gasteiger partial charge is 0.403 e. The number of rotatable bonds is 2. The van der Waals surface area contributed by atoms with Crippen LogP contribution < -0.4 is 10.5 Å². The van der Waals surface area contributed by atoms with Gasteiger partial charge in [0.1, 0.15) is 11.2 Å². The molecule has 0 spiro atoms. The molecular weight excluding hydrogens is 267 g/mol. The normalized spacial score (nSPS) is 12.1. The van der Waals surface area contributed by atoms with Gasteiger partial charge in [-0.25, -0.2) is 9.97 Å². The predicted molar refractivity (Wildman–Crippen MR) is 57.8 cm³/mol. The average Bonchev–Trinajstić information content (AvgIpc) is 2.27. The first kappa shape index (κ1) is 13.3. The van der Waals surface area contributed by atoms with Crippen molar-refractivity contribution in [3.8, 4) is 5.75 Å². The van der Waals surface area contributed by atoms with E-state index in [9.17, 15) is 13.2 Å². The molecule has 19 heavy (non-hydrogen) atoms. The van der Waals surface area contributed by atoms with Gasteiger partial charge in [0.15, 0.2) is 12.0 Å². The molecule has 1 aromatic heterocycles. The zero-order valence-electron chi connectivity index (χ0n) is 9.22. The third-order valence-corrected chi connectivity index (χ3v) is 2.21. The van der Waals surface area contributed by atoms with Crippen LogP contribution in [0.5, 0.6) is 5.75 Å². The van der Waals surface area contributed by atoms with E-state index in [2.05, 4.69) is 14.7 Å². The van der Waals surface area contributed by atoms with Gasteiger partial charge in [0.25, 0.3) is 0 Å². The number of anilines is 1. The minimum absolute atomic E-state index is 0.00551. The minimum atomic E-state index is -4.90. The molecule has 1 aromatic carbocycles. The Bertz CT molecular complexity index is 616. The number of nitrogens with two attached hydrogens (primary N) is 1. The van der Waals surface area contributed by atoms with Crippen LogP contribution in [0.25, 0.3) is 10.9 Å². The van der Waals surface area contributed by atoms with Crippen molar-refractivity contribution in [1.29, 1.82) is 0 Å². The van der Waals surface area contributed by atoms with Crippen molar-refractivity contribution in [1.82, 2.24) is 9.97 Å². The van der Waals surface area contributed by atoms with Crippen molar-refractivity contribution in [2.24, 2.45) is 0 Å². The van der Waals surface area contributed by atoms with E-state index in [1.54, 1.807) is 0 Å². The summed E-state index contributed by atoms with van der Waals surface area (Å²) in [5, 5.41) is 18.2. The Hall–Kier alpha value is -2.13. The van der Waals surface area contributed by atoms with Gasteiger partial charge in [0.05, 0.1) is 0 Å². The summed E-state index contributed by atoms with van der Waals surface area (Å²) < 4.78 is 40.5. The number of halogens is 3. The molecule has 0 aliphatic heterocycles. The van der Waals surface area contributed by atoms with Crippen LogP contribution in [0.4, 0.5) is 19.1 Å². The van der Waals surface area contributed by atoms with Gasteiger partial charge in [-0.05, 0) is 6.07 Å². The molecule has 0 unspecified atom stereocenters. The summed E-state index contributed by atoms with van der Waals surface area (Å²) >= 11 is 0. The summed E-state index contributed by atoms with van der Waals surface area (Å²) in [6.45, 7) is 0. The number of nitrogens with zero attached hydrogens (tertiary/aromatic N) is 2. The van der Waals surface area contributed by atoms with Gasteiger partial charge in [0, 0.05) is 5.39 Å². The summed E-state index contributed by atoms with van der Waals surface area (Å²) in [4.78, 5) is 7.19. The van der Waals surface area contributed by atoms with Crippen LogP contribution in [0.15, 0.2) is 18.2 Å². The molecule has 2 aromatic rings. The average molecular weight is 275 g/mol. The Kier molecular flexibility index (Phi) is 3.16. The topological polar surface area (TPSA) is 101 Å². The number of nitrogen functional groups attached to an aromatic ring is 1. The Morgan fingerprint density at radius 1 is 1.21 bits per heavy atom. The number of alkyl halides is 3. The first-order valence-corrected chi connectivity index (χ1v) is 4.96. The highest BCUT2D eigenvalue weighted by Crippen LogP contribution is 2.31. The lowest BCUT2D eigenvalue weighted by Gasteiger charge is -2.13. The Labute approximate surface area is 104 Å². The van der Waals surface area contributed by atoms with Crippen molar-refractivity contribution in [2.45, 2.75) is 12.7 Å². The first-order valence-electron chi connectivity index (χ1n) is 4.96. The van der Waals surface area contributed by atoms with Gasteiger partial charge in [0.2, 0.25) is 5.95 Å². The standard InChI is InChI=1S/C10H8F3N3O3/c11-10(12,13)19-5-3-1-2-4-6(5)15-9(14)16-7(4)8(17)18/h1-3,8,17-18H,(H2,14,15,16). The van der Waals surface area contributed by atoms with Crippen LogP contribution in [0.2, 0.25) is 0 Å². The summed E-state index contributed by atoms with van der Waals surface area (Å²) in [5.41, 5.74) is 4.76. The number of fused-ring (bicyclic) bond motifs is 1. The molecule has 0 bridgehead atoms. The molecule has 0 amide bonds. The number of ether oxygens (including phenoxy) is 1. The monoisotopic (exact) mass is 275 g/mol. The lowest BCUT2D eigenvalue weighted by Crippen LogP contribution is -2.18. The van der Waals surface area contributed by atoms with E-state index in [1.807, 2.05) is 0 Å². The fraction of sp³-hybridized carbons (Fsp3) is 0.200. The van der Waals surface area contributed by atoms with E-state index in [1.165, 1.54) is 12.1 Å². The number of aliphatic hydroxyl groups is 2. The van der Waals surface area contributed by atoms with Crippen LogP contribution in [0.1, 0.15) is 12.0 Å². The zero-order valence-corrected chi connectivity index (χ0v) is 9.22. The summed E-state index contributed by atoms with van der Waals surface area (Å²) in [6, 6.07) is 3.61. The molecular formula is C10H8F3N3O3. The maximum atomic E-state index is 12.2. The first-order chi connectivity index (χ1) is 8.78. The van der Waals surface area contributed by atoms with Gasteiger partial charge < -0.3 is 20.7 Å². The molecule has 0 radical (unpaired) electrons. The summed E-state index contributed by atoms with van der Waals surface area (Å²) in [6.07, 6.45) is -6.89. The molecule has 0 aliphatic carbocycles. The number of benzene rings is 1. The molecule has 102 valence electrons.